The molecule has 2 aliphatic rings. The first-order chi connectivity index (χ1) is 4.47. The van der Waals surface area contributed by atoms with Crippen LogP contribution >= 0.6 is 0 Å². The summed E-state index contributed by atoms with van der Waals surface area (Å²) in [5, 5.41) is 0. The molecule has 50 valence electrons. The minimum absolute atomic E-state index is 0.763. The van der Waals surface area contributed by atoms with Crippen molar-refractivity contribution in [2.75, 3.05) is 13.2 Å². The number of allylic oxidation sites excluding steroid dienone is 1. The highest BCUT2D eigenvalue weighted by atomic mass is 16.5. The van der Waals surface area contributed by atoms with Crippen LogP contribution in [0.1, 0.15) is 12.8 Å². The molecular weight excluding hydrogens is 112 g/mol. The van der Waals surface area contributed by atoms with Crippen LogP contribution in [0.5, 0.6) is 0 Å². The first kappa shape index (κ1) is 5.48. The minimum Gasteiger partial charge on any atom is -0.381 e. The third kappa shape index (κ3) is 0.897. The van der Waals surface area contributed by atoms with E-state index in [1.165, 1.54) is 12.8 Å². The summed E-state index contributed by atoms with van der Waals surface area (Å²) >= 11 is 0. The van der Waals surface area contributed by atoms with Crippen LogP contribution in [0.15, 0.2) is 12.2 Å². The van der Waals surface area contributed by atoms with E-state index in [9.17, 15) is 0 Å². The van der Waals surface area contributed by atoms with Gasteiger partial charge >= 0.3 is 0 Å². The van der Waals surface area contributed by atoms with Gasteiger partial charge in [0.15, 0.2) is 0 Å². The van der Waals surface area contributed by atoms with E-state index < -0.39 is 0 Å². The lowest BCUT2D eigenvalue weighted by molar-refractivity contribution is 0.182. The van der Waals surface area contributed by atoms with E-state index >= 15 is 0 Å². The molecule has 0 aromatic heterocycles. The van der Waals surface area contributed by atoms with Gasteiger partial charge in [-0.05, 0) is 18.8 Å². The number of hydrogen-bond acceptors (Lipinski definition) is 1. The smallest absolute Gasteiger partial charge is 0.0532 e. The molecule has 2 atom stereocenters. The highest BCUT2D eigenvalue weighted by molar-refractivity contribution is 4.98. The average molecular weight is 124 g/mol. The Morgan fingerprint density at radius 2 is 2.33 bits per heavy atom. The lowest BCUT2D eigenvalue weighted by Crippen LogP contribution is -2.12. The van der Waals surface area contributed by atoms with Crippen LogP contribution in [-0.2, 0) is 4.74 Å². The van der Waals surface area contributed by atoms with Crippen molar-refractivity contribution in [2.45, 2.75) is 12.8 Å². The van der Waals surface area contributed by atoms with E-state index in [1.807, 2.05) is 0 Å². The second-order valence-electron chi connectivity index (χ2n) is 2.97. The van der Waals surface area contributed by atoms with Gasteiger partial charge in [0.2, 0.25) is 0 Å². The van der Waals surface area contributed by atoms with Gasteiger partial charge in [-0.2, -0.15) is 0 Å². The van der Waals surface area contributed by atoms with Gasteiger partial charge in [0, 0.05) is 5.92 Å². The van der Waals surface area contributed by atoms with E-state index in [2.05, 4.69) is 12.2 Å². The monoisotopic (exact) mass is 124 g/mol. The quantitative estimate of drug-likeness (QED) is 0.446. The second kappa shape index (κ2) is 2.14. The van der Waals surface area contributed by atoms with E-state index in [0.717, 1.165) is 25.0 Å². The lowest BCUT2D eigenvalue weighted by Gasteiger charge is -2.16. The molecule has 1 aliphatic heterocycles. The van der Waals surface area contributed by atoms with E-state index in [1.54, 1.807) is 0 Å². The Labute approximate surface area is 55.7 Å². The molecule has 0 radical (unpaired) electrons. The van der Waals surface area contributed by atoms with Gasteiger partial charge in [0.1, 0.15) is 0 Å². The lowest BCUT2D eigenvalue weighted by atomic mass is 9.87. The maximum Gasteiger partial charge on any atom is 0.0532 e. The highest BCUT2D eigenvalue weighted by Gasteiger charge is 2.26. The van der Waals surface area contributed by atoms with Crippen molar-refractivity contribution in [3.05, 3.63) is 12.2 Å². The van der Waals surface area contributed by atoms with Crippen molar-refractivity contribution >= 4 is 0 Å². The summed E-state index contributed by atoms with van der Waals surface area (Å²) < 4.78 is 5.34. The predicted octanol–water partition coefficient (Wildman–Crippen LogP) is 1.60. The molecule has 0 bridgehead atoms. The summed E-state index contributed by atoms with van der Waals surface area (Å²) in [4.78, 5) is 0. The minimum atomic E-state index is 0.763. The van der Waals surface area contributed by atoms with Gasteiger partial charge in [-0.15, -0.1) is 0 Å². The van der Waals surface area contributed by atoms with E-state index in [-0.39, 0.29) is 0 Å². The van der Waals surface area contributed by atoms with Crippen molar-refractivity contribution in [3.63, 3.8) is 0 Å². The van der Waals surface area contributed by atoms with E-state index in [4.69, 9.17) is 4.74 Å². The molecule has 0 unspecified atom stereocenters. The third-order valence-electron chi connectivity index (χ3n) is 2.34. The van der Waals surface area contributed by atoms with Crippen molar-refractivity contribution in [2.24, 2.45) is 11.8 Å². The van der Waals surface area contributed by atoms with Gasteiger partial charge < -0.3 is 4.74 Å². The molecule has 0 aromatic carbocycles. The summed E-state index contributed by atoms with van der Waals surface area (Å²) in [6.07, 6.45) is 7.22. The molecule has 1 saturated heterocycles. The largest absolute Gasteiger partial charge is 0.381 e. The van der Waals surface area contributed by atoms with Crippen LogP contribution in [0.3, 0.4) is 0 Å². The fourth-order valence-electron chi connectivity index (χ4n) is 1.71. The molecule has 1 fully saturated rings. The zero-order valence-corrected chi connectivity index (χ0v) is 5.55. The molecule has 0 amide bonds. The summed E-state index contributed by atoms with van der Waals surface area (Å²) in [5.41, 5.74) is 0. The molecule has 0 saturated carbocycles. The Kier molecular flexibility index (Phi) is 1.31. The molecule has 1 nitrogen and oxygen atoms in total. The van der Waals surface area contributed by atoms with Gasteiger partial charge in [-0.3, -0.25) is 0 Å². The standard InChI is InChI=1S/C8H12O/c1-2-4-8-6-9-5-7(8)3-1/h1,3,7-8H,2,4-6H2/t7-,8+/m1/s1. The van der Waals surface area contributed by atoms with Crippen molar-refractivity contribution in [3.8, 4) is 0 Å². The first-order valence-corrected chi connectivity index (χ1v) is 3.71. The van der Waals surface area contributed by atoms with Gasteiger partial charge in [0.05, 0.1) is 13.2 Å². The fourth-order valence-corrected chi connectivity index (χ4v) is 1.71. The Balaban J connectivity index is 2.10. The van der Waals surface area contributed by atoms with Crippen molar-refractivity contribution in [1.29, 1.82) is 0 Å². The van der Waals surface area contributed by atoms with Crippen molar-refractivity contribution < 1.29 is 4.74 Å². The normalized spacial score (nSPS) is 40.9. The Morgan fingerprint density at radius 3 is 3.22 bits per heavy atom. The van der Waals surface area contributed by atoms with Crippen LogP contribution in [0, 0.1) is 11.8 Å². The summed E-state index contributed by atoms with van der Waals surface area (Å²) in [5.74, 6) is 1.62. The van der Waals surface area contributed by atoms with Crippen LogP contribution in [0.25, 0.3) is 0 Å². The van der Waals surface area contributed by atoms with Crippen LogP contribution in [0.2, 0.25) is 0 Å². The van der Waals surface area contributed by atoms with Crippen LogP contribution < -0.4 is 0 Å². The predicted molar refractivity (Wildman–Crippen MR) is 36.2 cm³/mol. The van der Waals surface area contributed by atoms with Crippen LogP contribution in [0.4, 0.5) is 0 Å². The van der Waals surface area contributed by atoms with Gasteiger partial charge in [-0.25, -0.2) is 0 Å². The fraction of sp³-hybridized carbons (Fsp3) is 0.750. The summed E-state index contributed by atoms with van der Waals surface area (Å²) in [6, 6.07) is 0. The molecule has 2 rings (SSSR count). The van der Waals surface area contributed by atoms with E-state index in [0.29, 0.717) is 0 Å². The SMILES string of the molecule is C1=C[C@@H]2COC[C@@H]2CC1. The summed E-state index contributed by atoms with van der Waals surface area (Å²) in [6.45, 7) is 1.98. The molecule has 1 heteroatoms. The number of fused-ring (bicyclic) bond motifs is 1. The zero-order valence-electron chi connectivity index (χ0n) is 5.55. The molecule has 9 heavy (non-hydrogen) atoms. The maximum atomic E-state index is 5.34. The molecular formula is C8H12O. The number of ether oxygens (including phenoxy) is 1. The molecule has 0 aromatic rings. The van der Waals surface area contributed by atoms with Crippen molar-refractivity contribution in [1.82, 2.24) is 0 Å². The average Bonchev–Trinajstić information content (AvgIpc) is 2.33. The Morgan fingerprint density at radius 1 is 1.33 bits per heavy atom. The number of rotatable bonds is 0. The Hall–Kier alpha value is -0.300. The topological polar surface area (TPSA) is 9.23 Å². The third-order valence-corrected chi connectivity index (χ3v) is 2.34. The maximum absolute atomic E-state index is 5.34. The summed E-state index contributed by atoms with van der Waals surface area (Å²) in [7, 11) is 0. The molecule has 0 N–H and O–H groups in total. The van der Waals surface area contributed by atoms with Gasteiger partial charge in [0.25, 0.3) is 0 Å². The molecule has 1 heterocycles. The highest BCUT2D eigenvalue weighted by Crippen LogP contribution is 2.29. The van der Waals surface area contributed by atoms with Gasteiger partial charge in [-0.1, -0.05) is 12.2 Å². The Bertz CT molecular complexity index is 129. The molecule has 0 spiro atoms. The first-order valence-electron chi connectivity index (χ1n) is 3.71. The second-order valence-corrected chi connectivity index (χ2v) is 2.97. The molecule has 1 aliphatic carbocycles. The number of hydrogen-bond donors (Lipinski definition) is 0. The van der Waals surface area contributed by atoms with Crippen LogP contribution in [-0.4, -0.2) is 13.2 Å². The zero-order chi connectivity index (χ0) is 6.10.